The molecule has 18 heavy (non-hydrogen) atoms. The fourth-order valence-corrected chi connectivity index (χ4v) is 3.53. The van der Waals surface area contributed by atoms with E-state index in [4.69, 9.17) is 17.3 Å². The van der Waals surface area contributed by atoms with Gasteiger partial charge in [-0.15, -0.1) is 23.1 Å². The molecule has 96 valence electrons. The average Bonchev–Trinajstić information content (AvgIpc) is 2.79. The molecule has 1 aromatic carbocycles. The standard InChI is InChI=1S/C13H15ClN2S2/c1-8(2)13-16-10(7-18-13)6-17-12-5-9(15)3-4-11(12)14/h3-5,7-8H,6,15H2,1-2H3. The van der Waals surface area contributed by atoms with Crippen LogP contribution in [0.1, 0.15) is 30.5 Å². The van der Waals surface area contributed by atoms with Gasteiger partial charge in [-0.05, 0) is 18.2 Å². The molecular weight excluding hydrogens is 284 g/mol. The molecule has 1 heterocycles. The molecule has 0 saturated carbocycles. The van der Waals surface area contributed by atoms with Crippen molar-refractivity contribution >= 4 is 40.4 Å². The molecular formula is C13H15ClN2S2. The lowest BCUT2D eigenvalue weighted by atomic mass is 10.2. The first-order chi connectivity index (χ1) is 8.56. The summed E-state index contributed by atoms with van der Waals surface area (Å²) < 4.78 is 0. The van der Waals surface area contributed by atoms with E-state index in [1.807, 2.05) is 18.2 Å². The Balaban J connectivity index is 2.04. The molecule has 1 aromatic heterocycles. The summed E-state index contributed by atoms with van der Waals surface area (Å²) in [5, 5.41) is 4.04. The minimum atomic E-state index is 0.490. The molecule has 0 aliphatic heterocycles. The van der Waals surface area contributed by atoms with Gasteiger partial charge in [0.1, 0.15) is 0 Å². The van der Waals surface area contributed by atoms with E-state index in [1.54, 1.807) is 23.1 Å². The Labute approximate surface area is 121 Å². The van der Waals surface area contributed by atoms with Crippen LogP contribution in [0.4, 0.5) is 5.69 Å². The average molecular weight is 299 g/mol. The van der Waals surface area contributed by atoms with Gasteiger partial charge >= 0.3 is 0 Å². The highest BCUT2D eigenvalue weighted by Gasteiger charge is 2.07. The molecule has 2 rings (SSSR count). The van der Waals surface area contributed by atoms with Gasteiger partial charge in [0.2, 0.25) is 0 Å². The SMILES string of the molecule is CC(C)c1nc(CSc2cc(N)ccc2Cl)cs1. The Morgan fingerprint density at radius 2 is 2.22 bits per heavy atom. The lowest BCUT2D eigenvalue weighted by Gasteiger charge is -2.04. The highest BCUT2D eigenvalue weighted by Crippen LogP contribution is 2.32. The van der Waals surface area contributed by atoms with Crippen LogP contribution < -0.4 is 5.73 Å². The molecule has 5 heteroatoms. The number of hydrogen-bond acceptors (Lipinski definition) is 4. The Bertz CT molecular complexity index is 538. The molecule has 2 N–H and O–H groups in total. The molecule has 2 nitrogen and oxygen atoms in total. The summed E-state index contributed by atoms with van der Waals surface area (Å²) in [6, 6.07) is 5.55. The number of nitrogens with zero attached hydrogens (tertiary/aromatic N) is 1. The second kappa shape index (κ2) is 5.95. The number of benzene rings is 1. The van der Waals surface area contributed by atoms with Crippen molar-refractivity contribution in [1.29, 1.82) is 0 Å². The third-order valence-electron chi connectivity index (χ3n) is 2.39. The zero-order chi connectivity index (χ0) is 13.1. The van der Waals surface area contributed by atoms with Gasteiger partial charge in [-0.1, -0.05) is 25.4 Å². The van der Waals surface area contributed by atoms with Gasteiger partial charge in [-0.2, -0.15) is 0 Å². The summed E-state index contributed by atoms with van der Waals surface area (Å²) in [5.41, 5.74) is 7.60. The lowest BCUT2D eigenvalue weighted by Crippen LogP contribution is -1.88. The number of halogens is 1. The van der Waals surface area contributed by atoms with Crippen LogP contribution in [0.3, 0.4) is 0 Å². The van der Waals surface area contributed by atoms with E-state index < -0.39 is 0 Å². The summed E-state index contributed by atoms with van der Waals surface area (Å²) in [6.45, 7) is 4.31. The van der Waals surface area contributed by atoms with Gasteiger partial charge < -0.3 is 5.73 Å². The first-order valence-electron chi connectivity index (χ1n) is 5.68. The van der Waals surface area contributed by atoms with Crippen molar-refractivity contribution in [3.05, 3.63) is 39.3 Å². The molecule has 0 saturated heterocycles. The van der Waals surface area contributed by atoms with Gasteiger partial charge in [-0.3, -0.25) is 0 Å². The summed E-state index contributed by atoms with van der Waals surface area (Å²) in [7, 11) is 0. The van der Waals surface area contributed by atoms with Crippen molar-refractivity contribution in [2.75, 3.05) is 5.73 Å². The number of nitrogens with two attached hydrogens (primary N) is 1. The number of hydrogen-bond donors (Lipinski definition) is 1. The van der Waals surface area contributed by atoms with Gasteiger partial charge in [-0.25, -0.2) is 4.98 Å². The van der Waals surface area contributed by atoms with Crippen molar-refractivity contribution in [2.24, 2.45) is 0 Å². The maximum atomic E-state index is 6.12. The third-order valence-corrected chi connectivity index (χ3v) is 5.12. The van der Waals surface area contributed by atoms with E-state index in [0.717, 1.165) is 27.1 Å². The number of anilines is 1. The second-order valence-electron chi connectivity index (χ2n) is 4.31. The Hall–Kier alpha value is -0.710. The number of nitrogen functional groups attached to an aromatic ring is 1. The van der Waals surface area contributed by atoms with E-state index in [-0.39, 0.29) is 0 Å². The first-order valence-corrected chi connectivity index (χ1v) is 7.92. The van der Waals surface area contributed by atoms with E-state index in [9.17, 15) is 0 Å². The molecule has 0 bridgehead atoms. The third kappa shape index (κ3) is 3.40. The van der Waals surface area contributed by atoms with Crippen LogP contribution in [0.25, 0.3) is 0 Å². The first kappa shape index (κ1) is 13.7. The van der Waals surface area contributed by atoms with E-state index in [2.05, 4.69) is 24.2 Å². The predicted octanol–water partition coefficient (Wildman–Crippen LogP) is 4.79. The van der Waals surface area contributed by atoms with Crippen molar-refractivity contribution in [1.82, 2.24) is 4.98 Å². The highest BCUT2D eigenvalue weighted by molar-refractivity contribution is 7.98. The van der Waals surface area contributed by atoms with Crippen LogP contribution in [0, 0.1) is 0 Å². The van der Waals surface area contributed by atoms with Gasteiger partial charge in [0.05, 0.1) is 15.7 Å². The maximum absolute atomic E-state index is 6.12. The van der Waals surface area contributed by atoms with Gasteiger partial charge in [0, 0.05) is 27.6 Å². The molecule has 0 aliphatic carbocycles. The lowest BCUT2D eigenvalue weighted by molar-refractivity contribution is 0.846. The minimum absolute atomic E-state index is 0.490. The van der Waals surface area contributed by atoms with Crippen LogP contribution in [-0.2, 0) is 5.75 Å². The summed E-state index contributed by atoms with van der Waals surface area (Å²) in [4.78, 5) is 5.61. The molecule has 0 radical (unpaired) electrons. The fraction of sp³-hybridized carbons (Fsp3) is 0.308. The van der Waals surface area contributed by atoms with Crippen LogP contribution in [0.5, 0.6) is 0 Å². The zero-order valence-electron chi connectivity index (χ0n) is 10.3. The quantitative estimate of drug-likeness (QED) is 0.651. The van der Waals surface area contributed by atoms with Crippen LogP contribution in [0.15, 0.2) is 28.5 Å². The van der Waals surface area contributed by atoms with Crippen LogP contribution in [-0.4, -0.2) is 4.98 Å². The predicted molar refractivity (Wildman–Crippen MR) is 81.6 cm³/mol. The summed E-state index contributed by atoms with van der Waals surface area (Å²) in [5.74, 6) is 1.32. The second-order valence-corrected chi connectivity index (χ2v) is 6.62. The zero-order valence-corrected chi connectivity index (χ0v) is 12.7. The Morgan fingerprint density at radius 1 is 1.44 bits per heavy atom. The van der Waals surface area contributed by atoms with Gasteiger partial charge in [0.25, 0.3) is 0 Å². The van der Waals surface area contributed by atoms with Crippen molar-refractivity contribution in [2.45, 2.75) is 30.4 Å². The van der Waals surface area contributed by atoms with E-state index in [1.165, 1.54) is 5.01 Å². The Kier molecular flexibility index (Phi) is 4.54. The van der Waals surface area contributed by atoms with Crippen molar-refractivity contribution < 1.29 is 0 Å². The Morgan fingerprint density at radius 3 is 2.89 bits per heavy atom. The molecule has 0 aliphatic rings. The number of thiazole rings is 1. The molecule has 0 amide bonds. The normalized spacial score (nSPS) is 11.1. The highest BCUT2D eigenvalue weighted by atomic mass is 35.5. The molecule has 0 fully saturated rings. The molecule has 2 aromatic rings. The van der Waals surface area contributed by atoms with E-state index >= 15 is 0 Å². The molecule has 0 unspecified atom stereocenters. The molecule has 0 atom stereocenters. The topological polar surface area (TPSA) is 38.9 Å². The smallest absolute Gasteiger partial charge is 0.0954 e. The van der Waals surface area contributed by atoms with Crippen molar-refractivity contribution in [3.63, 3.8) is 0 Å². The van der Waals surface area contributed by atoms with Crippen molar-refractivity contribution in [3.8, 4) is 0 Å². The van der Waals surface area contributed by atoms with Crippen LogP contribution in [0.2, 0.25) is 5.02 Å². The minimum Gasteiger partial charge on any atom is -0.399 e. The summed E-state index contributed by atoms with van der Waals surface area (Å²) in [6.07, 6.45) is 0. The van der Waals surface area contributed by atoms with E-state index in [0.29, 0.717) is 5.92 Å². The number of rotatable bonds is 4. The number of aromatic nitrogens is 1. The number of thioether (sulfide) groups is 1. The maximum Gasteiger partial charge on any atom is 0.0954 e. The molecule has 0 spiro atoms. The van der Waals surface area contributed by atoms with Gasteiger partial charge in [0.15, 0.2) is 0 Å². The fourth-order valence-electron chi connectivity index (χ4n) is 1.44. The summed E-state index contributed by atoms with van der Waals surface area (Å²) >= 11 is 9.51. The van der Waals surface area contributed by atoms with Crippen LogP contribution >= 0.6 is 34.7 Å². The largest absolute Gasteiger partial charge is 0.399 e. The monoisotopic (exact) mass is 298 g/mol.